The monoisotopic (exact) mass is 356 g/mol. The standard InChI is InChI=1S/C14H11F3N4O2S/c15-14(16,17)24(22,23)12-4-2-1-3-11(12)19-9-10-5-7-18-13-6-8-20-21(10)13/h1-8,19H,9H2. The van der Waals surface area contributed by atoms with Gasteiger partial charge in [-0.1, -0.05) is 12.1 Å². The van der Waals surface area contributed by atoms with Gasteiger partial charge in [-0.3, -0.25) is 0 Å². The van der Waals surface area contributed by atoms with Crippen LogP contribution in [0.4, 0.5) is 18.9 Å². The van der Waals surface area contributed by atoms with Gasteiger partial charge < -0.3 is 5.32 Å². The minimum absolute atomic E-state index is 0.0745. The lowest BCUT2D eigenvalue weighted by atomic mass is 10.3. The number of alkyl halides is 3. The predicted octanol–water partition coefficient (Wildman–Crippen LogP) is 2.63. The van der Waals surface area contributed by atoms with E-state index < -0.39 is 20.2 Å². The van der Waals surface area contributed by atoms with E-state index >= 15 is 0 Å². The number of rotatable bonds is 4. The average molecular weight is 356 g/mol. The maximum absolute atomic E-state index is 12.8. The molecule has 0 atom stereocenters. The van der Waals surface area contributed by atoms with E-state index in [1.54, 1.807) is 12.1 Å². The first-order valence-corrected chi connectivity index (χ1v) is 8.21. The van der Waals surface area contributed by atoms with Crippen LogP contribution in [0.5, 0.6) is 0 Å². The molecule has 0 bridgehead atoms. The zero-order valence-electron chi connectivity index (χ0n) is 12.0. The zero-order valence-corrected chi connectivity index (χ0v) is 12.8. The number of sulfone groups is 1. The van der Waals surface area contributed by atoms with Gasteiger partial charge in [0.1, 0.15) is 0 Å². The Bertz CT molecular complexity index is 983. The molecule has 0 unspecified atom stereocenters. The van der Waals surface area contributed by atoms with Crippen molar-refractivity contribution < 1.29 is 21.6 Å². The van der Waals surface area contributed by atoms with E-state index in [0.29, 0.717) is 11.3 Å². The smallest absolute Gasteiger partial charge is 0.378 e. The lowest BCUT2D eigenvalue weighted by Crippen LogP contribution is -2.24. The molecule has 1 N–H and O–H groups in total. The van der Waals surface area contributed by atoms with E-state index in [9.17, 15) is 21.6 Å². The molecule has 10 heteroatoms. The summed E-state index contributed by atoms with van der Waals surface area (Å²) in [4.78, 5) is 3.26. The number of para-hydroxylation sites is 1. The van der Waals surface area contributed by atoms with Crippen LogP contribution in [0.2, 0.25) is 0 Å². The number of benzene rings is 1. The third-order valence-corrected chi connectivity index (χ3v) is 4.85. The first-order valence-electron chi connectivity index (χ1n) is 6.72. The Hall–Kier alpha value is -2.62. The van der Waals surface area contributed by atoms with Crippen molar-refractivity contribution >= 4 is 21.2 Å². The first-order chi connectivity index (χ1) is 11.3. The van der Waals surface area contributed by atoms with E-state index in [4.69, 9.17) is 0 Å². The average Bonchev–Trinajstić information content (AvgIpc) is 3.01. The third-order valence-electron chi connectivity index (χ3n) is 3.31. The molecular weight excluding hydrogens is 345 g/mol. The van der Waals surface area contributed by atoms with Crippen molar-refractivity contribution in [3.05, 3.63) is 54.5 Å². The Morgan fingerprint density at radius 2 is 1.83 bits per heavy atom. The van der Waals surface area contributed by atoms with Crippen LogP contribution in [0.25, 0.3) is 5.65 Å². The molecule has 0 saturated heterocycles. The van der Waals surface area contributed by atoms with Crippen molar-refractivity contribution in [2.75, 3.05) is 5.32 Å². The lowest BCUT2D eigenvalue weighted by Gasteiger charge is -2.14. The molecule has 0 aliphatic heterocycles. The number of nitrogens with one attached hydrogen (secondary N) is 1. The molecule has 6 nitrogen and oxygen atoms in total. The summed E-state index contributed by atoms with van der Waals surface area (Å²) in [6.07, 6.45) is 3.07. The second-order valence-electron chi connectivity index (χ2n) is 4.84. The van der Waals surface area contributed by atoms with Gasteiger partial charge in [0.15, 0.2) is 5.65 Å². The highest BCUT2D eigenvalue weighted by atomic mass is 32.2. The summed E-state index contributed by atoms with van der Waals surface area (Å²) in [5.74, 6) is 0. The molecule has 0 radical (unpaired) electrons. The molecule has 3 aromatic rings. The van der Waals surface area contributed by atoms with Gasteiger partial charge in [0.25, 0.3) is 9.84 Å². The third kappa shape index (κ3) is 2.80. The molecule has 2 heterocycles. The van der Waals surface area contributed by atoms with Gasteiger partial charge >= 0.3 is 5.51 Å². The van der Waals surface area contributed by atoms with Crippen molar-refractivity contribution in [3.8, 4) is 0 Å². The predicted molar refractivity (Wildman–Crippen MR) is 80.0 cm³/mol. The molecule has 0 amide bonds. The Kier molecular flexibility index (Phi) is 3.91. The van der Waals surface area contributed by atoms with Crippen molar-refractivity contribution in [2.45, 2.75) is 16.9 Å². The molecule has 0 spiro atoms. The van der Waals surface area contributed by atoms with Crippen LogP contribution < -0.4 is 5.32 Å². The topological polar surface area (TPSA) is 76.4 Å². The molecule has 0 aliphatic rings. The minimum atomic E-state index is -5.44. The molecule has 3 rings (SSSR count). The number of halogens is 3. The van der Waals surface area contributed by atoms with Crippen LogP contribution in [0.1, 0.15) is 5.69 Å². The summed E-state index contributed by atoms with van der Waals surface area (Å²) in [5, 5.41) is 6.78. The summed E-state index contributed by atoms with van der Waals surface area (Å²) in [7, 11) is -5.44. The van der Waals surface area contributed by atoms with E-state index in [0.717, 1.165) is 6.07 Å². The van der Waals surface area contributed by atoms with Gasteiger partial charge in [0.05, 0.1) is 29.0 Å². The fourth-order valence-corrected chi connectivity index (χ4v) is 3.11. The van der Waals surface area contributed by atoms with Gasteiger partial charge in [-0.05, 0) is 18.2 Å². The van der Waals surface area contributed by atoms with E-state index in [-0.39, 0.29) is 12.2 Å². The Morgan fingerprint density at radius 3 is 2.58 bits per heavy atom. The summed E-state index contributed by atoms with van der Waals surface area (Å²) in [6, 6.07) is 8.19. The van der Waals surface area contributed by atoms with Crippen LogP contribution in [0.15, 0.2) is 53.7 Å². The maximum atomic E-state index is 12.8. The van der Waals surface area contributed by atoms with Crippen LogP contribution in [0.3, 0.4) is 0 Å². The number of anilines is 1. The zero-order chi connectivity index (χ0) is 17.4. The lowest BCUT2D eigenvalue weighted by molar-refractivity contribution is -0.0435. The number of fused-ring (bicyclic) bond motifs is 1. The Morgan fingerprint density at radius 1 is 1.08 bits per heavy atom. The second-order valence-corrected chi connectivity index (χ2v) is 6.75. The Balaban J connectivity index is 1.94. The molecule has 0 saturated carbocycles. The largest absolute Gasteiger partial charge is 0.501 e. The van der Waals surface area contributed by atoms with Crippen molar-refractivity contribution in [3.63, 3.8) is 0 Å². The highest BCUT2D eigenvalue weighted by Crippen LogP contribution is 2.34. The highest BCUT2D eigenvalue weighted by molar-refractivity contribution is 7.92. The van der Waals surface area contributed by atoms with Gasteiger partial charge in [-0.25, -0.2) is 17.9 Å². The molecule has 24 heavy (non-hydrogen) atoms. The number of aromatic nitrogens is 3. The van der Waals surface area contributed by atoms with Gasteiger partial charge in [-0.15, -0.1) is 0 Å². The Labute approximate surface area is 134 Å². The van der Waals surface area contributed by atoms with Crippen LogP contribution >= 0.6 is 0 Å². The molecule has 126 valence electrons. The van der Waals surface area contributed by atoms with Gasteiger partial charge in [0, 0.05) is 12.3 Å². The van der Waals surface area contributed by atoms with Crippen molar-refractivity contribution in [1.29, 1.82) is 0 Å². The molecule has 0 aliphatic carbocycles. The molecular formula is C14H11F3N4O2S. The van der Waals surface area contributed by atoms with Crippen LogP contribution in [-0.4, -0.2) is 28.5 Å². The fourth-order valence-electron chi connectivity index (χ4n) is 2.18. The first kappa shape index (κ1) is 16.2. The fraction of sp³-hybridized carbons (Fsp3) is 0.143. The van der Waals surface area contributed by atoms with Gasteiger partial charge in [-0.2, -0.15) is 18.3 Å². The highest BCUT2D eigenvalue weighted by Gasteiger charge is 2.47. The quantitative estimate of drug-likeness (QED) is 0.778. The summed E-state index contributed by atoms with van der Waals surface area (Å²) in [5.41, 5.74) is -4.31. The molecule has 2 aromatic heterocycles. The van der Waals surface area contributed by atoms with Gasteiger partial charge in [0.2, 0.25) is 0 Å². The number of nitrogens with zero attached hydrogens (tertiary/aromatic N) is 3. The van der Waals surface area contributed by atoms with Crippen molar-refractivity contribution in [1.82, 2.24) is 14.6 Å². The number of hydrogen-bond donors (Lipinski definition) is 1. The summed E-state index contributed by atoms with van der Waals surface area (Å²) < 4.78 is 63.2. The van der Waals surface area contributed by atoms with E-state index in [1.165, 1.54) is 35.1 Å². The second kappa shape index (κ2) is 5.78. The minimum Gasteiger partial charge on any atom is -0.378 e. The van der Waals surface area contributed by atoms with E-state index in [1.807, 2.05) is 0 Å². The summed E-state index contributed by atoms with van der Waals surface area (Å²) in [6.45, 7) is 0.0745. The van der Waals surface area contributed by atoms with Crippen LogP contribution in [0, 0.1) is 0 Å². The van der Waals surface area contributed by atoms with E-state index in [2.05, 4.69) is 15.4 Å². The number of hydrogen-bond acceptors (Lipinski definition) is 5. The maximum Gasteiger partial charge on any atom is 0.501 e. The normalized spacial score (nSPS) is 12.5. The van der Waals surface area contributed by atoms with Crippen molar-refractivity contribution in [2.24, 2.45) is 0 Å². The molecule has 0 fully saturated rings. The van der Waals surface area contributed by atoms with Crippen LogP contribution in [-0.2, 0) is 16.4 Å². The SMILES string of the molecule is O=S(=O)(c1ccccc1NCc1ccnc2ccnn12)C(F)(F)F. The molecule has 1 aromatic carbocycles. The summed E-state index contributed by atoms with van der Waals surface area (Å²) >= 11 is 0.